The van der Waals surface area contributed by atoms with Gasteiger partial charge >= 0.3 is 5.97 Å². The second kappa shape index (κ2) is 7.05. The van der Waals surface area contributed by atoms with Gasteiger partial charge in [-0.3, -0.25) is 14.4 Å². The van der Waals surface area contributed by atoms with E-state index in [-0.39, 0.29) is 25.5 Å². The number of nitrogens with zero attached hydrogens (tertiary/aromatic N) is 1. The second-order valence-electron chi connectivity index (χ2n) is 6.60. The number of nitrogens with one attached hydrogen (secondary N) is 1. The first-order valence-electron chi connectivity index (χ1n) is 8.07. The Balaban J connectivity index is 1.76. The summed E-state index contributed by atoms with van der Waals surface area (Å²) in [6.07, 6.45) is 1.67. The Morgan fingerprint density at radius 3 is 2.96 bits per heavy atom. The van der Waals surface area contributed by atoms with Crippen molar-refractivity contribution in [3.63, 3.8) is 0 Å². The topological polar surface area (TPSA) is 95.9 Å². The highest BCUT2D eigenvalue weighted by molar-refractivity contribution is 8.00. The molecule has 3 rings (SSSR count). The fourth-order valence-electron chi connectivity index (χ4n) is 3.05. The van der Waals surface area contributed by atoms with E-state index < -0.39 is 28.4 Å². The van der Waals surface area contributed by atoms with E-state index in [0.29, 0.717) is 5.75 Å². The van der Waals surface area contributed by atoms with Crippen molar-refractivity contribution in [3.8, 4) is 0 Å². The summed E-state index contributed by atoms with van der Waals surface area (Å²) in [4.78, 5) is 39.1. The van der Waals surface area contributed by atoms with Gasteiger partial charge in [0.2, 0.25) is 5.91 Å². The summed E-state index contributed by atoms with van der Waals surface area (Å²) in [6.45, 7) is 5.41. The number of amides is 2. The summed E-state index contributed by atoms with van der Waals surface area (Å²) in [5, 5.41) is 13.6. The first kappa shape index (κ1) is 18.9. The fourth-order valence-corrected chi connectivity index (χ4v) is 5.31. The Hall–Kier alpha value is -1.84. The third kappa shape index (κ3) is 3.15. The SMILES string of the molecule is C=CCOC1(NC(=O)Cc2cccs2)C(=O)N2CC(C)(C(=O)O)CS[C@@H]21. The zero-order valence-corrected chi connectivity index (χ0v) is 15.9. The number of carboxylic acids is 1. The number of carbonyl (C=O) groups excluding carboxylic acids is 2. The number of thiophene rings is 1. The van der Waals surface area contributed by atoms with Gasteiger partial charge < -0.3 is 20.1 Å². The summed E-state index contributed by atoms with van der Waals surface area (Å²) >= 11 is 2.78. The number of carboxylic acid groups (broad SMARTS) is 1. The highest BCUT2D eigenvalue weighted by atomic mass is 32.2. The maximum absolute atomic E-state index is 12.8. The Kier molecular flexibility index (Phi) is 5.14. The number of carbonyl (C=O) groups is 3. The zero-order chi connectivity index (χ0) is 18.9. The normalized spacial score (nSPS) is 30.3. The van der Waals surface area contributed by atoms with Crippen LogP contribution >= 0.6 is 23.1 Å². The van der Waals surface area contributed by atoms with E-state index in [2.05, 4.69) is 11.9 Å². The molecule has 3 atom stereocenters. The number of thioether (sulfide) groups is 1. The van der Waals surface area contributed by atoms with E-state index in [1.165, 1.54) is 34.1 Å². The van der Waals surface area contributed by atoms with Crippen molar-refractivity contribution in [2.45, 2.75) is 24.4 Å². The van der Waals surface area contributed by atoms with E-state index in [1.807, 2.05) is 17.5 Å². The van der Waals surface area contributed by atoms with E-state index in [1.54, 1.807) is 6.92 Å². The summed E-state index contributed by atoms with van der Waals surface area (Å²) in [7, 11) is 0. The van der Waals surface area contributed by atoms with E-state index in [4.69, 9.17) is 4.74 Å². The lowest BCUT2D eigenvalue weighted by atomic mass is 9.88. The maximum atomic E-state index is 12.8. The fraction of sp³-hybridized carbons (Fsp3) is 0.471. The molecule has 0 radical (unpaired) electrons. The van der Waals surface area contributed by atoms with Crippen LogP contribution in [0.1, 0.15) is 11.8 Å². The summed E-state index contributed by atoms with van der Waals surface area (Å²) in [5.74, 6) is -1.33. The Labute approximate surface area is 159 Å². The molecule has 3 heterocycles. The quantitative estimate of drug-likeness (QED) is 0.410. The summed E-state index contributed by atoms with van der Waals surface area (Å²) in [5.41, 5.74) is -2.48. The van der Waals surface area contributed by atoms with Crippen LogP contribution in [0.3, 0.4) is 0 Å². The van der Waals surface area contributed by atoms with E-state index in [9.17, 15) is 19.5 Å². The molecule has 1 aromatic rings. The molecule has 0 aromatic carbocycles. The highest BCUT2D eigenvalue weighted by Gasteiger charge is 2.67. The van der Waals surface area contributed by atoms with Crippen molar-refractivity contribution < 1.29 is 24.2 Å². The molecule has 1 aromatic heterocycles. The van der Waals surface area contributed by atoms with Gasteiger partial charge in [-0.15, -0.1) is 29.7 Å². The van der Waals surface area contributed by atoms with Crippen molar-refractivity contribution in [2.24, 2.45) is 5.41 Å². The Bertz CT molecular complexity index is 738. The molecule has 9 heteroatoms. The molecule has 0 saturated carbocycles. The second-order valence-corrected chi connectivity index (χ2v) is 8.70. The molecule has 2 amide bonds. The first-order valence-corrected chi connectivity index (χ1v) is 9.99. The number of fused-ring (bicyclic) bond motifs is 1. The average molecular weight is 396 g/mol. The number of β-lactam (4-membered cyclic amide) rings is 1. The summed E-state index contributed by atoms with van der Waals surface area (Å²) in [6, 6.07) is 3.71. The molecule has 7 nitrogen and oxygen atoms in total. The van der Waals surface area contributed by atoms with Gasteiger partial charge in [0.05, 0.1) is 18.4 Å². The first-order chi connectivity index (χ1) is 12.3. The molecule has 2 fully saturated rings. The summed E-state index contributed by atoms with van der Waals surface area (Å²) < 4.78 is 5.71. The molecule has 26 heavy (non-hydrogen) atoms. The van der Waals surface area contributed by atoms with Gasteiger partial charge in [0.25, 0.3) is 11.6 Å². The van der Waals surface area contributed by atoms with Crippen LogP contribution < -0.4 is 5.32 Å². The monoisotopic (exact) mass is 396 g/mol. The van der Waals surface area contributed by atoms with Gasteiger partial charge in [-0.2, -0.15) is 0 Å². The lowest BCUT2D eigenvalue weighted by molar-refractivity contribution is -0.203. The Morgan fingerprint density at radius 1 is 1.58 bits per heavy atom. The van der Waals surface area contributed by atoms with Gasteiger partial charge in [-0.1, -0.05) is 12.1 Å². The van der Waals surface area contributed by atoms with Crippen LogP contribution in [0.2, 0.25) is 0 Å². The minimum absolute atomic E-state index is 0.0961. The Morgan fingerprint density at radius 2 is 2.35 bits per heavy atom. The van der Waals surface area contributed by atoms with Gasteiger partial charge in [-0.25, -0.2) is 0 Å². The van der Waals surface area contributed by atoms with Crippen LogP contribution in [-0.4, -0.2) is 57.8 Å². The number of hydrogen-bond acceptors (Lipinski definition) is 6. The van der Waals surface area contributed by atoms with Crippen molar-refractivity contribution in [2.75, 3.05) is 18.9 Å². The third-order valence-electron chi connectivity index (χ3n) is 4.47. The molecule has 140 valence electrons. The van der Waals surface area contributed by atoms with Gasteiger partial charge in [-0.05, 0) is 18.4 Å². The molecule has 0 bridgehead atoms. The van der Waals surface area contributed by atoms with Crippen molar-refractivity contribution in [3.05, 3.63) is 35.0 Å². The molecule has 0 spiro atoms. The lowest BCUT2D eigenvalue weighted by Crippen LogP contribution is -2.82. The minimum Gasteiger partial charge on any atom is -0.481 e. The molecule has 2 aliphatic rings. The van der Waals surface area contributed by atoms with Crippen LogP contribution in [-0.2, 0) is 25.5 Å². The van der Waals surface area contributed by atoms with Gasteiger partial charge in [0.15, 0.2) is 0 Å². The smallest absolute Gasteiger partial charge is 0.312 e. The molecular formula is C17H20N2O5S2. The average Bonchev–Trinajstić information content (AvgIpc) is 3.11. The molecular weight excluding hydrogens is 376 g/mol. The van der Waals surface area contributed by atoms with Crippen LogP contribution in [0, 0.1) is 5.41 Å². The van der Waals surface area contributed by atoms with Crippen LogP contribution in [0.5, 0.6) is 0 Å². The number of hydrogen-bond donors (Lipinski definition) is 2. The molecule has 2 saturated heterocycles. The van der Waals surface area contributed by atoms with E-state index >= 15 is 0 Å². The van der Waals surface area contributed by atoms with Crippen molar-refractivity contribution in [1.82, 2.24) is 10.2 Å². The van der Waals surface area contributed by atoms with Crippen LogP contribution in [0.4, 0.5) is 0 Å². The molecule has 0 aliphatic carbocycles. The molecule has 2 unspecified atom stereocenters. The number of aliphatic carboxylic acids is 1. The number of rotatable bonds is 7. The zero-order valence-electron chi connectivity index (χ0n) is 14.3. The van der Waals surface area contributed by atoms with Crippen molar-refractivity contribution >= 4 is 40.9 Å². The molecule has 2 N–H and O–H groups in total. The predicted octanol–water partition coefficient (Wildman–Crippen LogP) is 1.31. The van der Waals surface area contributed by atoms with E-state index in [0.717, 1.165) is 4.88 Å². The highest BCUT2D eigenvalue weighted by Crippen LogP contribution is 2.47. The standard InChI is InChI=1S/C17H20N2O5S2/c1-3-6-24-17(18-12(20)8-11-5-4-7-25-11)13(21)19-9-16(2,15(22)23)10-26-14(17)19/h3-5,7,14H,1,6,8-10H2,2H3,(H,18,20)(H,22,23)/t14-,16?,17?/m1/s1. The van der Waals surface area contributed by atoms with Crippen LogP contribution in [0.15, 0.2) is 30.2 Å². The molecule has 2 aliphatic heterocycles. The maximum Gasteiger partial charge on any atom is 0.312 e. The van der Waals surface area contributed by atoms with Crippen molar-refractivity contribution in [1.29, 1.82) is 0 Å². The van der Waals surface area contributed by atoms with Gasteiger partial charge in [0, 0.05) is 17.2 Å². The number of ether oxygens (including phenoxy) is 1. The van der Waals surface area contributed by atoms with Crippen LogP contribution in [0.25, 0.3) is 0 Å². The minimum atomic E-state index is -1.47. The van der Waals surface area contributed by atoms with Gasteiger partial charge in [0.1, 0.15) is 5.37 Å². The predicted molar refractivity (Wildman–Crippen MR) is 98.7 cm³/mol. The third-order valence-corrected chi connectivity index (χ3v) is 7.06. The largest absolute Gasteiger partial charge is 0.481 e. The lowest BCUT2D eigenvalue weighted by Gasteiger charge is -2.58.